The highest BCUT2D eigenvalue weighted by Gasteiger charge is 2.55. The van der Waals surface area contributed by atoms with Gasteiger partial charge in [-0.25, -0.2) is 0 Å². The molecule has 1 nitrogen and oxygen atoms in total. The van der Waals surface area contributed by atoms with Crippen molar-refractivity contribution >= 4 is 0 Å². The molecule has 4 aliphatic carbocycles. The van der Waals surface area contributed by atoms with Crippen LogP contribution in [0.25, 0.3) is 0 Å². The fourth-order valence-electron chi connectivity index (χ4n) is 6.95. The summed E-state index contributed by atoms with van der Waals surface area (Å²) in [6.07, 6.45) is 14.9. The Kier molecular flexibility index (Phi) is 2.99. The molecule has 4 fully saturated rings. The fraction of sp³-hybridized carbons (Fsp3) is 1.00. The van der Waals surface area contributed by atoms with Gasteiger partial charge in [0.25, 0.3) is 0 Å². The Labute approximate surface area is 118 Å². The molecule has 0 bridgehead atoms. The Morgan fingerprint density at radius 1 is 0.789 bits per heavy atom. The Morgan fingerprint density at radius 3 is 2.47 bits per heavy atom. The van der Waals surface area contributed by atoms with Crippen LogP contribution >= 0.6 is 0 Å². The lowest BCUT2D eigenvalue weighted by Crippen LogP contribution is -2.50. The van der Waals surface area contributed by atoms with Gasteiger partial charge >= 0.3 is 0 Å². The third-order valence-electron chi connectivity index (χ3n) is 7.76. The largest absolute Gasteiger partial charge is 0.327 e. The Hall–Kier alpha value is -0.0400. The van der Waals surface area contributed by atoms with Crippen molar-refractivity contribution in [2.75, 3.05) is 0 Å². The van der Waals surface area contributed by atoms with Crippen molar-refractivity contribution in [1.29, 1.82) is 0 Å². The summed E-state index contributed by atoms with van der Waals surface area (Å²) in [6.45, 7) is 2.56. The van der Waals surface area contributed by atoms with Gasteiger partial charge in [-0.15, -0.1) is 0 Å². The zero-order valence-corrected chi connectivity index (χ0v) is 12.6. The highest BCUT2D eigenvalue weighted by Crippen LogP contribution is 2.61. The predicted molar refractivity (Wildman–Crippen MR) is 79.7 cm³/mol. The van der Waals surface area contributed by atoms with E-state index in [-0.39, 0.29) is 0 Å². The van der Waals surface area contributed by atoms with Crippen LogP contribution in [0.4, 0.5) is 0 Å². The molecular weight excluding hydrogens is 230 g/mol. The zero-order valence-electron chi connectivity index (χ0n) is 12.6. The summed E-state index contributed by atoms with van der Waals surface area (Å²) in [5.74, 6) is 5.10. The summed E-state index contributed by atoms with van der Waals surface area (Å²) in [5.41, 5.74) is 7.16. The molecule has 0 radical (unpaired) electrons. The van der Waals surface area contributed by atoms with E-state index in [1.54, 1.807) is 12.8 Å². The van der Waals surface area contributed by atoms with Crippen molar-refractivity contribution < 1.29 is 0 Å². The molecule has 108 valence electrons. The van der Waals surface area contributed by atoms with Crippen LogP contribution in [0.2, 0.25) is 0 Å². The van der Waals surface area contributed by atoms with Crippen molar-refractivity contribution in [2.24, 2.45) is 40.7 Å². The molecule has 2 N–H and O–H groups in total. The highest BCUT2D eigenvalue weighted by molar-refractivity contribution is 5.06. The van der Waals surface area contributed by atoms with Crippen molar-refractivity contribution in [3.8, 4) is 0 Å². The Balaban J connectivity index is 1.61. The average Bonchev–Trinajstić information content (AvgIpc) is 2.74. The molecule has 0 saturated heterocycles. The number of nitrogens with two attached hydrogens (primary N) is 1. The molecule has 0 aromatic carbocycles. The molecule has 0 aromatic rings. The van der Waals surface area contributed by atoms with Crippen molar-refractivity contribution in [3.05, 3.63) is 0 Å². The zero-order chi connectivity index (χ0) is 13.0. The lowest BCUT2D eigenvalue weighted by molar-refractivity contribution is -0.0533. The molecule has 19 heavy (non-hydrogen) atoms. The van der Waals surface area contributed by atoms with Gasteiger partial charge in [-0.05, 0) is 80.0 Å². The standard InChI is InChI=1S/C18H31N/c1-18-10-8-14-13-5-3-2-4-12(13)6-7-15(14)17(18)16(19)9-11-18/h12-17H,2-11,19H2,1H3/t12?,13-,14+,15+,16?,17+,18+/m0/s1. The molecule has 4 rings (SSSR count). The first-order valence-electron chi connectivity index (χ1n) is 8.95. The Morgan fingerprint density at radius 2 is 1.58 bits per heavy atom. The molecule has 4 saturated carbocycles. The minimum atomic E-state index is 0.526. The molecule has 4 aliphatic rings. The van der Waals surface area contributed by atoms with Gasteiger partial charge in [-0.3, -0.25) is 0 Å². The van der Waals surface area contributed by atoms with Crippen LogP contribution in [0.15, 0.2) is 0 Å². The Bertz CT molecular complexity index is 352. The van der Waals surface area contributed by atoms with Gasteiger partial charge in [-0.1, -0.05) is 26.2 Å². The third-order valence-corrected chi connectivity index (χ3v) is 7.76. The molecule has 2 unspecified atom stereocenters. The predicted octanol–water partition coefficient (Wildman–Crippen LogP) is 4.36. The van der Waals surface area contributed by atoms with Crippen LogP contribution in [0.3, 0.4) is 0 Å². The lowest BCUT2D eigenvalue weighted by atomic mass is 9.50. The van der Waals surface area contributed by atoms with Crippen molar-refractivity contribution in [1.82, 2.24) is 0 Å². The monoisotopic (exact) mass is 261 g/mol. The smallest absolute Gasteiger partial charge is 0.00753 e. The normalized spacial score (nSPS) is 57.2. The van der Waals surface area contributed by atoms with E-state index >= 15 is 0 Å². The molecule has 0 aliphatic heterocycles. The third kappa shape index (κ3) is 1.83. The first-order valence-corrected chi connectivity index (χ1v) is 8.95. The van der Waals surface area contributed by atoms with E-state index in [9.17, 15) is 0 Å². The van der Waals surface area contributed by atoms with Crippen LogP contribution in [-0.4, -0.2) is 6.04 Å². The summed E-state index contributed by atoms with van der Waals surface area (Å²) in [4.78, 5) is 0. The average molecular weight is 261 g/mol. The first-order chi connectivity index (χ1) is 9.19. The quantitative estimate of drug-likeness (QED) is 0.689. The second-order valence-corrected chi connectivity index (χ2v) is 8.53. The van der Waals surface area contributed by atoms with Gasteiger partial charge in [0.15, 0.2) is 0 Å². The summed E-state index contributed by atoms with van der Waals surface area (Å²) < 4.78 is 0. The maximum Gasteiger partial charge on any atom is 0.00753 e. The minimum absolute atomic E-state index is 0.526. The number of hydrogen-bond acceptors (Lipinski definition) is 1. The molecule has 0 spiro atoms. The van der Waals surface area contributed by atoms with Crippen molar-refractivity contribution in [3.63, 3.8) is 0 Å². The van der Waals surface area contributed by atoms with Crippen LogP contribution in [-0.2, 0) is 0 Å². The van der Waals surface area contributed by atoms with Gasteiger partial charge in [0.05, 0.1) is 0 Å². The van der Waals surface area contributed by atoms with Crippen LogP contribution in [0.5, 0.6) is 0 Å². The van der Waals surface area contributed by atoms with Crippen LogP contribution in [0.1, 0.15) is 71.1 Å². The SMILES string of the molecule is C[C@@]12CCC(N)[C@H]1[C@@H]1CCC3CCCC[C@@H]3[C@H]1CC2. The topological polar surface area (TPSA) is 26.0 Å². The van der Waals surface area contributed by atoms with Crippen LogP contribution in [0, 0.1) is 35.0 Å². The molecule has 0 amide bonds. The number of fused-ring (bicyclic) bond motifs is 5. The highest BCUT2D eigenvalue weighted by atomic mass is 14.7. The minimum Gasteiger partial charge on any atom is -0.327 e. The van der Waals surface area contributed by atoms with Gasteiger partial charge < -0.3 is 5.73 Å². The molecular formula is C18H31N. The lowest BCUT2D eigenvalue weighted by Gasteiger charge is -2.55. The molecule has 0 aromatic heterocycles. The summed E-state index contributed by atoms with van der Waals surface area (Å²) in [5, 5.41) is 0. The van der Waals surface area contributed by atoms with Crippen molar-refractivity contribution in [2.45, 2.75) is 77.2 Å². The summed E-state index contributed by atoms with van der Waals surface area (Å²) >= 11 is 0. The second kappa shape index (κ2) is 4.48. The summed E-state index contributed by atoms with van der Waals surface area (Å²) in [6, 6.07) is 0.526. The number of rotatable bonds is 0. The maximum atomic E-state index is 6.55. The van der Waals surface area contributed by atoms with Gasteiger partial charge in [0.2, 0.25) is 0 Å². The second-order valence-electron chi connectivity index (χ2n) is 8.53. The molecule has 1 heteroatoms. The van der Waals surface area contributed by atoms with E-state index in [1.165, 1.54) is 51.4 Å². The van der Waals surface area contributed by atoms with E-state index in [1.807, 2.05) is 0 Å². The maximum absolute atomic E-state index is 6.55. The molecule has 0 heterocycles. The van der Waals surface area contributed by atoms with E-state index in [0.29, 0.717) is 11.5 Å². The van der Waals surface area contributed by atoms with Crippen LogP contribution < -0.4 is 5.73 Å². The van der Waals surface area contributed by atoms with E-state index in [4.69, 9.17) is 5.73 Å². The van der Waals surface area contributed by atoms with Gasteiger partial charge in [-0.2, -0.15) is 0 Å². The van der Waals surface area contributed by atoms with E-state index in [2.05, 4.69) is 6.92 Å². The van der Waals surface area contributed by atoms with Gasteiger partial charge in [0.1, 0.15) is 0 Å². The van der Waals surface area contributed by atoms with E-state index < -0.39 is 0 Å². The van der Waals surface area contributed by atoms with E-state index in [0.717, 1.165) is 29.6 Å². The first kappa shape index (κ1) is 12.7. The number of hydrogen-bond donors (Lipinski definition) is 1. The summed E-state index contributed by atoms with van der Waals surface area (Å²) in [7, 11) is 0. The molecule has 7 atom stereocenters. The fourth-order valence-corrected chi connectivity index (χ4v) is 6.95. The van der Waals surface area contributed by atoms with Gasteiger partial charge in [0, 0.05) is 6.04 Å².